The second kappa shape index (κ2) is 7.46. The normalized spacial score (nSPS) is 17.2. The molecule has 32 heavy (non-hydrogen) atoms. The number of aromatic amines is 1. The smallest absolute Gasteiger partial charge is 0.299 e. The Morgan fingerprint density at radius 2 is 2.25 bits per heavy atom. The molecule has 0 saturated carbocycles. The molecule has 0 aromatic carbocycles. The maximum atomic E-state index is 9.51. The van der Waals surface area contributed by atoms with Crippen molar-refractivity contribution in [3.63, 3.8) is 0 Å². The van der Waals surface area contributed by atoms with E-state index in [2.05, 4.69) is 41.0 Å². The van der Waals surface area contributed by atoms with Gasteiger partial charge in [-0.15, -0.1) is 0 Å². The lowest BCUT2D eigenvalue weighted by atomic mass is 9.96. The second-order valence-corrected chi connectivity index (χ2v) is 7.92. The molecule has 0 bridgehead atoms. The fourth-order valence-corrected chi connectivity index (χ4v) is 4.48. The van der Waals surface area contributed by atoms with Gasteiger partial charge in [0.25, 0.3) is 6.01 Å². The van der Waals surface area contributed by atoms with Gasteiger partial charge in [-0.05, 0) is 24.6 Å². The summed E-state index contributed by atoms with van der Waals surface area (Å²) in [6.45, 7) is 1.55. The van der Waals surface area contributed by atoms with E-state index in [1.54, 1.807) is 18.7 Å². The molecule has 1 unspecified atom stereocenters. The van der Waals surface area contributed by atoms with Gasteiger partial charge in [-0.25, -0.2) is 15.0 Å². The molecular formula is C22H19N9O. The quantitative estimate of drug-likeness (QED) is 0.454. The monoisotopic (exact) mass is 425 g/mol. The summed E-state index contributed by atoms with van der Waals surface area (Å²) in [5, 5.41) is 15.1. The van der Waals surface area contributed by atoms with Crippen LogP contribution in [-0.4, -0.2) is 47.8 Å². The summed E-state index contributed by atoms with van der Waals surface area (Å²) in [6.07, 6.45) is 10.2. The Bertz CT molecular complexity index is 1410. The van der Waals surface area contributed by atoms with Crippen LogP contribution in [0.5, 0.6) is 0 Å². The third-order valence-corrected chi connectivity index (χ3v) is 6.06. The molecule has 1 aliphatic rings. The summed E-state index contributed by atoms with van der Waals surface area (Å²) in [6, 6.07) is 8.55. The summed E-state index contributed by atoms with van der Waals surface area (Å²) in [7, 11) is 0. The molecule has 0 aliphatic carbocycles. The van der Waals surface area contributed by atoms with Crippen molar-refractivity contribution >= 4 is 28.3 Å². The van der Waals surface area contributed by atoms with Gasteiger partial charge in [-0.3, -0.25) is 4.68 Å². The van der Waals surface area contributed by atoms with Crippen LogP contribution in [0.4, 0.5) is 6.01 Å². The van der Waals surface area contributed by atoms with Gasteiger partial charge in [0.1, 0.15) is 17.5 Å². The zero-order chi connectivity index (χ0) is 21.5. The average Bonchev–Trinajstić information content (AvgIpc) is 3.61. The first-order valence-electron chi connectivity index (χ1n) is 10.5. The Balaban J connectivity index is 1.27. The highest BCUT2D eigenvalue weighted by atomic mass is 16.4. The number of nitriles is 1. The molecule has 1 saturated heterocycles. The molecule has 10 heteroatoms. The molecule has 6 rings (SSSR count). The molecule has 5 aromatic rings. The third-order valence-electron chi connectivity index (χ3n) is 6.06. The van der Waals surface area contributed by atoms with Crippen LogP contribution >= 0.6 is 0 Å². The van der Waals surface area contributed by atoms with Crippen LogP contribution in [0.15, 0.2) is 53.7 Å². The number of rotatable bonds is 5. The van der Waals surface area contributed by atoms with Crippen molar-refractivity contribution in [2.75, 3.05) is 18.0 Å². The average molecular weight is 425 g/mol. The van der Waals surface area contributed by atoms with E-state index in [4.69, 9.17) is 4.42 Å². The molecule has 1 N–H and O–H groups in total. The van der Waals surface area contributed by atoms with E-state index in [0.717, 1.165) is 47.3 Å². The Morgan fingerprint density at radius 1 is 1.28 bits per heavy atom. The largest absolute Gasteiger partial charge is 0.404 e. The first kappa shape index (κ1) is 18.5. The van der Waals surface area contributed by atoms with E-state index in [1.807, 2.05) is 35.3 Å². The molecule has 0 amide bonds. The van der Waals surface area contributed by atoms with Crippen molar-refractivity contribution in [1.82, 2.24) is 34.7 Å². The molecule has 10 nitrogen and oxygen atoms in total. The predicted molar refractivity (Wildman–Crippen MR) is 117 cm³/mol. The molecule has 0 radical (unpaired) electrons. The predicted octanol–water partition coefficient (Wildman–Crippen LogP) is 3.34. The van der Waals surface area contributed by atoms with Crippen molar-refractivity contribution in [3.05, 3.63) is 49.3 Å². The first-order valence-corrected chi connectivity index (χ1v) is 10.5. The highest BCUT2D eigenvalue weighted by Gasteiger charge is 2.33. The maximum Gasteiger partial charge on any atom is 0.299 e. The second-order valence-electron chi connectivity index (χ2n) is 7.92. The van der Waals surface area contributed by atoms with E-state index in [1.165, 1.54) is 0 Å². The lowest BCUT2D eigenvalue weighted by Crippen LogP contribution is -2.25. The van der Waals surface area contributed by atoms with Gasteiger partial charge in [0, 0.05) is 48.5 Å². The van der Waals surface area contributed by atoms with Crippen LogP contribution in [0.3, 0.4) is 0 Å². The minimum atomic E-state index is -0.0511. The van der Waals surface area contributed by atoms with E-state index >= 15 is 0 Å². The highest BCUT2D eigenvalue weighted by molar-refractivity contribution is 5.89. The van der Waals surface area contributed by atoms with Crippen LogP contribution < -0.4 is 4.90 Å². The standard InChI is InChI=1S/C22H19N9O/c23-6-3-18(14-5-9-30(11-14)22-29-17-2-1-7-25-21(17)32-22)31-12-15(10-28-31)19-16-4-8-24-20(16)27-13-26-19/h1-2,4,7-8,10,12-14,18H,3,5,9,11H2,(H,24,26,27)/t14?,18-/m1/s1. The van der Waals surface area contributed by atoms with Crippen LogP contribution in [0.2, 0.25) is 0 Å². The van der Waals surface area contributed by atoms with E-state index in [9.17, 15) is 5.26 Å². The van der Waals surface area contributed by atoms with E-state index in [-0.39, 0.29) is 12.0 Å². The molecule has 0 spiro atoms. The summed E-state index contributed by atoms with van der Waals surface area (Å²) < 4.78 is 7.74. The number of nitrogens with zero attached hydrogens (tertiary/aromatic N) is 8. The molecule has 5 aromatic heterocycles. The fourth-order valence-electron chi connectivity index (χ4n) is 4.48. The number of nitrogens with one attached hydrogen (secondary N) is 1. The Morgan fingerprint density at radius 3 is 3.16 bits per heavy atom. The number of pyridine rings is 1. The molecule has 2 atom stereocenters. The summed E-state index contributed by atoms with van der Waals surface area (Å²) in [5.41, 5.74) is 3.80. The van der Waals surface area contributed by atoms with Gasteiger partial charge in [0.05, 0.1) is 30.4 Å². The third kappa shape index (κ3) is 3.06. The van der Waals surface area contributed by atoms with E-state index < -0.39 is 0 Å². The van der Waals surface area contributed by atoms with Crippen molar-refractivity contribution in [1.29, 1.82) is 5.26 Å². The van der Waals surface area contributed by atoms with Gasteiger partial charge in [-0.1, -0.05) is 0 Å². The summed E-state index contributed by atoms with van der Waals surface area (Å²) in [5.74, 6) is 0.239. The van der Waals surface area contributed by atoms with Crippen LogP contribution in [0.25, 0.3) is 33.5 Å². The number of fused-ring (bicyclic) bond motifs is 2. The lowest BCUT2D eigenvalue weighted by Gasteiger charge is -2.22. The van der Waals surface area contributed by atoms with Gasteiger partial charge in [0.2, 0.25) is 5.71 Å². The zero-order valence-electron chi connectivity index (χ0n) is 17.1. The maximum absolute atomic E-state index is 9.51. The minimum absolute atomic E-state index is 0.0511. The van der Waals surface area contributed by atoms with Crippen molar-refractivity contribution in [3.8, 4) is 17.3 Å². The zero-order valence-corrected chi connectivity index (χ0v) is 17.1. The summed E-state index contributed by atoms with van der Waals surface area (Å²) in [4.78, 5) is 22.7. The van der Waals surface area contributed by atoms with Gasteiger partial charge < -0.3 is 14.3 Å². The highest BCUT2D eigenvalue weighted by Crippen LogP contribution is 2.34. The molecule has 158 valence electrons. The van der Waals surface area contributed by atoms with Crippen molar-refractivity contribution in [2.24, 2.45) is 5.92 Å². The lowest BCUT2D eigenvalue weighted by molar-refractivity contribution is 0.331. The van der Waals surface area contributed by atoms with Gasteiger partial charge in [-0.2, -0.15) is 15.3 Å². The van der Waals surface area contributed by atoms with E-state index in [0.29, 0.717) is 18.1 Å². The number of H-pyrrole nitrogens is 1. The molecule has 6 heterocycles. The number of oxazole rings is 1. The van der Waals surface area contributed by atoms with Crippen molar-refractivity contribution < 1.29 is 4.42 Å². The molecule has 1 aliphatic heterocycles. The summed E-state index contributed by atoms with van der Waals surface area (Å²) >= 11 is 0. The van der Waals surface area contributed by atoms with Crippen LogP contribution in [0, 0.1) is 17.2 Å². The number of aromatic nitrogens is 7. The van der Waals surface area contributed by atoms with Gasteiger partial charge >= 0.3 is 0 Å². The first-order chi connectivity index (χ1) is 15.8. The van der Waals surface area contributed by atoms with Crippen molar-refractivity contribution in [2.45, 2.75) is 18.9 Å². The number of anilines is 1. The number of hydrogen-bond donors (Lipinski definition) is 1. The number of hydrogen-bond acceptors (Lipinski definition) is 8. The van der Waals surface area contributed by atoms with Gasteiger partial charge in [0.15, 0.2) is 0 Å². The Labute approximate surface area is 182 Å². The van der Waals surface area contributed by atoms with Crippen LogP contribution in [0.1, 0.15) is 18.9 Å². The topological polar surface area (TPSA) is 125 Å². The molecular weight excluding hydrogens is 406 g/mol. The SMILES string of the molecule is N#CC[C@H](C1CCN(c2nc3cccnc3o2)C1)n1cc(-c2ncnc3[nH]ccc23)cn1. The Hall–Kier alpha value is -4.26. The Kier molecular flexibility index (Phi) is 4.31. The molecule has 1 fully saturated rings. The van der Waals surface area contributed by atoms with Crippen LogP contribution in [-0.2, 0) is 0 Å². The minimum Gasteiger partial charge on any atom is -0.404 e. The fraction of sp³-hybridized carbons (Fsp3) is 0.273.